The highest BCUT2D eigenvalue weighted by Crippen LogP contribution is 2.63. The second kappa shape index (κ2) is 34.0. The van der Waals surface area contributed by atoms with E-state index in [9.17, 15) is 32.3 Å². The molecule has 2 aromatic carbocycles. The molecule has 27 heteroatoms. The van der Waals surface area contributed by atoms with Gasteiger partial charge in [-0.1, -0.05) is 88.4 Å². The molecule has 0 spiro atoms. The first-order chi connectivity index (χ1) is 49.0. The zero-order chi connectivity index (χ0) is 74.1. The van der Waals surface area contributed by atoms with Gasteiger partial charge < -0.3 is 68.9 Å². The number of halogens is 3. The van der Waals surface area contributed by atoms with Crippen LogP contribution in [0.25, 0.3) is 0 Å². The summed E-state index contributed by atoms with van der Waals surface area (Å²) in [5.74, 6) is -6.59. The Balaban J connectivity index is 0.00000155. The molecule has 8 saturated carbocycles. The fourth-order valence-electron chi connectivity index (χ4n) is 19.8. The van der Waals surface area contributed by atoms with Crippen molar-refractivity contribution in [3.63, 3.8) is 0 Å². The first-order valence-corrected chi connectivity index (χ1v) is 37.8. The third-order valence-electron chi connectivity index (χ3n) is 23.7. The lowest BCUT2D eigenvalue weighted by Crippen LogP contribution is -2.63. The van der Waals surface area contributed by atoms with E-state index in [4.69, 9.17) is 21.4 Å². The van der Waals surface area contributed by atoms with Gasteiger partial charge in [0.15, 0.2) is 0 Å². The zero-order valence-corrected chi connectivity index (χ0v) is 60.1. The van der Waals surface area contributed by atoms with Gasteiger partial charge in [0.25, 0.3) is 0 Å². The Labute approximate surface area is 601 Å². The molecule has 566 valence electrons. The lowest BCUT2D eigenvalue weighted by molar-refractivity contribution is -0.192. The van der Waals surface area contributed by atoms with E-state index in [1.54, 1.807) is 27.7 Å². The predicted molar refractivity (Wildman–Crippen MR) is 376 cm³/mol. The third-order valence-corrected chi connectivity index (χ3v) is 23.7. The molecule has 10 amide bonds. The second-order valence-electron chi connectivity index (χ2n) is 32.5. The summed E-state index contributed by atoms with van der Waals surface area (Å²) in [7, 11) is 0. The Kier molecular flexibility index (Phi) is 25.8. The molecular weight excluding hydrogens is 1330 g/mol. The molecule has 3 aliphatic heterocycles. The van der Waals surface area contributed by atoms with Crippen LogP contribution in [0.15, 0.2) is 60.7 Å². The highest BCUT2D eigenvalue weighted by Gasteiger charge is 2.55. The van der Waals surface area contributed by atoms with Crippen molar-refractivity contribution in [2.75, 3.05) is 26.2 Å². The van der Waals surface area contributed by atoms with E-state index >= 15 is 28.8 Å². The van der Waals surface area contributed by atoms with E-state index in [0.29, 0.717) is 74.0 Å². The average Bonchev–Trinajstić information content (AvgIpc) is 0.849. The molecule has 10 atom stereocenters. The molecule has 3 saturated heterocycles. The average molecular weight is 1440 g/mol. The maximum atomic E-state index is 15.5. The Morgan fingerprint density at radius 2 is 0.748 bits per heavy atom. The van der Waals surface area contributed by atoms with Gasteiger partial charge >= 0.3 is 12.1 Å². The van der Waals surface area contributed by atoms with Crippen LogP contribution in [0.4, 0.5) is 13.2 Å². The molecule has 0 radical (unpaired) electrons. The predicted octanol–water partition coefficient (Wildman–Crippen LogP) is 4.98. The Hall–Kier alpha value is -7.68. The van der Waals surface area contributed by atoms with Crippen molar-refractivity contribution in [2.45, 2.75) is 248 Å². The molecular formula is C76H109F3N12O12. The third kappa shape index (κ3) is 19.6. The van der Waals surface area contributed by atoms with Crippen molar-refractivity contribution in [3.8, 4) is 0 Å². The number of hydrogen-bond acceptors (Lipinski definition) is 13. The summed E-state index contributed by atoms with van der Waals surface area (Å²) in [6.45, 7) is 7.86. The molecule has 13 N–H and O–H groups in total. The van der Waals surface area contributed by atoms with Gasteiger partial charge in [-0.05, 0) is 224 Å². The van der Waals surface area contributed by atoms with Gasteiger partial charge in [0.1, 0.15) is 60.4 Å². The molecule has 24 nitrogen and oxygen atoms in total. The highest BCUT2D eigenvalue weighted by molar-refractivity contribution is 6.00. The van der Waals surface area contributed by atoms with E-state index in [1.807, 2.05) is 60.7 Å². The standard InChI is InChI=1S/C74H108N12O10.C2HF3O2/c1-43(2)61-69(93)77-53(19-11-23-75)63(87)81-57(41-73-35-47-27-48(36-73)29-49(28-47)37-73)65(89)80-56(34-46-17-9-6-10-18-46)72(96)86-26-14-22-60(86)68(92)84-62(44(3)4)70(94)78-54(20-12-24-76)64(88)82-58(42-74-38-50-30-51(39-74)32-52(31-50)40-74)66(90)79-55(33-45-15-7-5-8-16-45)71(95)85-25-13-21-59(85)67(91)83-61;3-2(4,5)1(6)7/h5-10,15-18,43-44,47-62H,11-14,19-42,75-76H2,1-4H3,(H,77,93)(H,78,94)(H,79,90)(H,80,89)(H,81,87)(H,82,88)(H,83,91)(H,84,92);(H,6,7)/t47?,48?,49?,50?,51?,52?,53-,54-,55+,56+,57-,58-,59-,60-,61-,62-,73?,74?;/m0./s1. The van der Waals surface area contributed by atoms with Crippen LogP contribution < -0.4 is 54.0 Å². The first-order valence-electron chi connectivity index (χ1n) is 37.8. The lowest BCUT2D eigenvalue weighted by atomic mass is 9.48. The minimum atomic E-state index is -5.08. The molecule has 8 bridgehead atoms. The number of nitrogens with zero attached hydrogens (tertiary/aromatic N) is 2. The summed E-state index contributed by atoms with van der Waals surface area (Å²) in [5, 5.41) is 31.4. The Bertz CT molecular complexity index is 3100. The number of nitrogens with one attached hydrogen (secondary N) is 8. The monoisotopic (exact) mass is 1440 g/mol. The van der Waals surface area contributed by atoms with Gasteiger partial charge in [-0.15, -0.1) is 0 Å². The molecule has 13 rings (SSSR count). The number of aliphatic carboxylic acids is 1. The number of carbonyl (C=O) groups excluding carboxylic acids is 10. The van der Waals surface area contributed by atoms with Crippen molar-refractivity contribution in [3.05, 3.63) is 71.8 Å². The SMILES string of the molecule is CC(C)[C@@H]1NC(=O)[C@@H]2CCCN2C(=O)[C@@H](Cc2ccccc2)NC(=O)[C@H](CC23CC4CC(CC(C4)C2)C3)NC(=O)[C@H](CCCN)NC(=O)[C@H](C(C)C)NC(=O)[C@@H]2CCCN2C(=O)[C@@H](Cc2ccccc2)NC(=O)[C@H](CC23CC4CC(CC(C4)C2)C3)NC(=O)[C@H](CCCN)NC1=O.O=C(O)C(F)(F)F. The highest BCUT2D eigenvalue weighted by atomic mass is 19.4. The van der Waals surface area contributed by atoms with E-state index in [-0.39, 0.29) is 75.5 Å². The topological polar surface area (TPSA) is 363 Å². The number of carboxylic acid groups (broad SMARTS) is 1. The van der Waals surface area contributed by atoms with Gasteiger partial charge in [-0.3, -0.25) is 47.9 Å². The number of rotatable bonds is 16. The summed E-state index contributed by atoms with van der Waals surface area (Å²) < 4.78 is 31.7. The Morgan fingerprint density at radius 1 is 0.456 bits per heavy atom. The molecule has 11 aliphatic rings. The fourth-order valence-corrected chi connectivity index (χ4v) is 19.8. The van der Waals surface area contributed by atoms with Gasteiger partial charge in [0, 0.05) is 25.9 Å². The largest absolute Gasteiger partial charge is 0.490 e. The summed E-state index contributed by atoms with van der Waals surface area (Å²) in [5.41, 5.74) is 13.2. The maximum Gasteiger partial charge on any atom is 0.490 e. The quantitative estimate of drug-likeness (QED) is 0.106. The van der Waals surface area contributed by atoms with E-state index < -0.39 is 143 Å². The van der Waals surface area contributed by atoms with Crippen LogP contribution in [-0.4, -0.2) is 173 Å². The number of carboxylic acids is 1. The molecule has 3 heterocycles. The summed E-state index contributed by atoms with van der Waals surface area (Å²) in [6.07, 6.45) is 10.2. The molecule has 8 aliphatic carbocycles. The van der Waals surface area contributed by atoms with Crippen LogP contribution in [0.2, 0.25) is 0 Å². The van der Waals surface area contributed by atoms with Gasteiger partial charge in [-0.2, -0.15) is 13.2 Å². The van der Waals surface area contributed by atoms with Crippen molar-refractivity contribution in [2.24, 2.45) is 69.6 Å². The number of hydrogen-bond donors (Lipinski definition) is 11. The fraction of sp³-hybridized carbons (Fsp3) is 0.697. The number of alkyl halides is 3. The summed E-state index contributed by atoms with van der Waals surface area (Å²) >= 11 is 0. The number of carbonyl (C=O) groups is 11. The number of benzene rings is 2. The van der Waals surface area contributed by atoms with Crippen LogP contribution in [0, 0.1) is 58.2 Å². The van der Waals surface area contributed by atoms with Crippen LogP contribution in [0.5, 0.6) is 0 Å². The zero-order valence-electron chi connectivity index (χ0n) is 60.1. The summed E-state index contributed by atoms with van der Waals surface area (Å²) in [4.78, 5) is 164. The van der Waals surface area contributed by atoms with Gasteiger partial charge in [0.2, 0.25) is 59.1 Å². The van der Waals surface area contributed by atoms with E-state index in [0.717, 1.165) is 88.2 Å². The number of fused-ring (bicyclic) bond motifs is 2. The number of amides is 10. The van der Waals surface area contributed by atoms with Crippen LogP contribution in [0.3, 0.4) is 0 Å². The number of nitrogens with two attached hydrogens (primary N) is 2. The van der Waals surface area contributed by atoms with Crippen molar-refractivity contribution in [1.82, 2.24) is 52.3 Å². The first kappa shape index (κ1) is 77.9. The van der Waals surface area contributed by atoms with Crippen LogP contribution in [0.1, 0.15) is 180 Å². The Morgan fingerprint density at radius 3 is 1.04 bits per heavy atom. The van der Waals surface area contributed by atoms with Crippen molar-refractivity contribution in [1.29, 1.82) is 0 Å². The molecule has 11 fully saturated rings. The summed E-state index contributed by atoms with van der Waals surface area (Å²) in [6, 6.07) is 6.99. The molecule has 0 aromatic heterocycles. The van der Waals surface area contributed by atoms with Crippen LogP contribution >= 0.6 is 0 Å². The molecule has 0 unspecified atom stereocenters. The van der Waals surface area contributed by atoms with Crippen molar-refractivity contribution >= 4 is 65.0 Å². The van der Waals surface area contributed by atoms with Gasteiger partial charge in [-0.25, -0.2) is 4.79 Å². The molecule has 103 heavy (non-hydrogen) atoms. The van der Waals surface area contributed by atoms with Crippen molar-refractivity contribution < 1.29 is 71.0 Å². The smallest absolute Gasteiger partial charge is 0.475 e. The maximum absolute atomic E-state index is 15.5. The normalized spacial score (nSPS) is 34.1. The minimum absolute atomic E-state index is 0.0567. The van der Waals surface area contributed by atoms with Crippen LogP contribution in [-0.2, 0) is 65.6 Å². The van der Waals surface area contributed by atoms with Gasteiger partial charge in [0.05, 0.1) is 0 Å². The molecule has 2 aromatic rings. The second-order valence-corrected chi connectivity index (χ2v) is 32.5. The van der Waals surface area contributed by atoms with E-state index in [1.165, 1.54) is 9.80 Å². The van der Waals surface area contributed by atoms with E-state index in [2.05, 4.69) is 42.5 Å². The lowest BCUT2D eigenvalue weighted by Gasteiger charge is -2.57. The minimum Gasteiger partial charge on any atom is -0.475 e.